The normalized spacial score (nSPS) is 16.7. The number of carbonyl (C=O) groups is 2. The Labute approximate surface area is 110 Å². The van der Waals surface area contributed by atoms with Crippen LogP contribution in [0.25, 0.3) is 0 Å². The minimum atomic E-state index is -1.04. The molecule has 0 aliphatic heterocycles. The molecule has 6 heteroatoms. The molecule has 1 aromatic rings. The number of nitrogens with one attached hydrogen (secondary N) is 1. The standard InChI is InChI=1S/C13H17NO5/c1-8-10(11(15)16)6-9(19-8)7-14-12(17)13(18-2)4-3-5-13/h6H,3-5,7H2,1-2H3,(H,14,17)(H,15,16). The smallest absolute Gasteiger partial charge is 0.339 e. The van der Waals surface area contributed by atoms with Crippen molar-refractivity contribution < 1.29 is 23.8 Å². The predicted octanol–water partition coefficient (Wildman–Crippen LogP) is 1.47. The number of carboxylic acid groups (broad SMARTS) is 1. The number of amides is 1. The fourth-order valence-corrected chi connectivity index (χ4v) is 2.19. The molecule has 2 N–H and O–H groups in total. The summed E-state index contributed by atoms with van der Waals surface area (Å²) in [4.78, 5) is 22.9. The van der Waals surface area contributed by atoms with Crippen LogP contribution in [0.5, 0.6) is 0 Å². The van der Waals surface area contributed by atoms with Crippen molar-refractivity contribution in [2.75, 3.05) is 7.11 Å². The molecule has 2 rings (SSSR count). The molecular formula is C13H17NO5. The highest BCUT2D eigenvalue weighted by atomic mass is 16.5. The largest absolute Gasteiger partial charge is 0.478 e. The Morgan fingerprint density at radius 2 is 2.21 bits per heavy atom. The van der Waals surface area contributed by atoms with Gasteiger partial charge in [0.1, 0.15) is 22.7 Å². The predicted molar refractivity (Wildman–Crippen MR) is 65.8 cm³/mol. The van der Waals surface area contributed by atoms with Gasteiger partial charge in [-0.25, -0.2) is 4.79 Å². The second-order valence-corrected chi connectivity index (χ2v) is 4.72. The first-order valence-electron chi connectivity index (χ1n) is 6.14. The van der Waals surface area contributed by atoms with Crippen LogP contribution in [0.3, 0.4) is 0 Å². The molecule has 1 fully saturated rings. The van der Waals surface area contributed by atoms with Gasteiger partial charge in [0, 0.05) is 7.11 Å². The van der Waals surface area contributed by atoms with Gasteiger partial charge in [-0.15, -0.1) is 0 Å². The maximum absolute atomic E-state index is 12.0. The van der Waals surface area contributed by atoms with Crippen molar-refractivity contribution in [3.8, 4) is 0 Å². The summed E-state index contributed by atoms with van der Waals surface area (Å²) in [5.41, 5.74) is -0.591. The third-order valence-corrected chi connectivity index (χ3v) is 3.59. The maximum atomic E-state index is 12.0. The Bertz CT molecular complexity index is 496. The van der Waals surface area contributed by atoms with E-state index >= 15 is 0 Å². The van der Waals surface area contributed by atoms with Gasteiger partial charge in [-0.05, 0) is 32.3 Å². The Morgan fingerprint density at radius 3 is 2.63 bits per heavy atom. The molecule has 1 amide bonds. The second-order valence-electron chi connectivity index (χ2n) is 4.72. The van der Waals surface area contributed by atoms with Crippen molar-refractivity contribution in [1.82, 2.24) is 5.32 Å². The van der Waals surface area contributed by atoms with Gasteiger partial charge in [0.15, 0.2) is 0 Å². The zero-order chi connectivity index (χ0) is 14.0. The molecule has 0 saturated heterocycles. The van der Waals surface area contributed by atoms with Gasteiger partial charge >= 0.3 is 5.97 Å². The van der Waals surface area contributed by atoms with Crippen LogP contribution in [-0.2, 0) is 16.1 Å². The lowest BCUT2D eigenvalue weighted by Gasteiger charge is -2.38. The van der Waals surface area contributed by atoms with Crippen molar-refractivity contribution in [2.24, 2.45) is 0 Å². The Balaban J connectivity index is 1.97. The number of carboxylic acids is 1. The SMILES string of the molecule is COC1(C(=O)NCc2cc(C(=O)O)c(C)o2)CCC1. The average Bonchev–Trinajstić information content (AvgIpc) is 2.67. The number of carbonyl (C=O) groups excluding carboxylic acids is 1. The first kappa shape index (κ1) is 13.6. The van der Waals surface area contributed by atoms with Gasteiger partial charge in [-0.2, -0.15) is 0 Å². The molecule has 1 aliphatic carbocycles. The zero-order valence-corrected chi connectivity index (χ0v) is 11.0. The van der Waals surface area contributed by atoms with Crippen LogP contribution >= 0.6 is 0 Å². The molecule has 1 heterocycles. The third-order valence-electron chi connectivity index (χ3n) is 3.59. The maximum Gasteiger partial charge on any atom is 0.339 e. The Kier molecular flexibility index (Phi) is 3.61. The van der Waals surface area contributed by atoms with Crippen molar-refractivity contribution in [1.29, 1.82) is 0 Å². The van der Waals surface area contributed by atoms with Gasteiger partial charge in [0.2, 0.25) is 0 Å². The highest BCUT2D eigenvalue weighted by Gasteiger charge is 2.44. The van der Waals surface area contributed by atoms with Gasteiger partial charge in [-0.1, -0.05) is 0 Å². The quantitative estimate of drug-likeness (QED) is 0.843. The number of aromatic carboxylic acids is 1. The van der Waals surface area contributed by atoms with Crippen LogP contribution in [-0.4, -0.2) is 29.7 Å². The van der Waals surface area contributed by atoms with Gasteiger partial charge < -0.3 is 19.6 Å². The van der Waals surface area contributed by atoms with Crippen LogP contribution in [0.1, 0.15) is 41.1 Å². The van der Waals surface area contributed by atoms with Crippen molar-refractivity contribution in [3.63, 3.8) is 0 Å². The molecule has 1 aromatic heterocycles. The summed E-state index contributed by atoms with van der Waals surface area (Å²) < 4.78 is 10.5. The molecule has 0 aromatic carbocycles. The van der Waals surface area contributed by atoms with E-state index in [1.165, 1.54) is 13.2 Å². The first-order valence-corrected chi connectivity index (χ1v) is 6.14. The second kappa shape index (κ2) is 5.05. The van der Waals surface area contributed by atoms with Crippen LogP contribution in [0.4, 0.5) is 0 Å². The fourth-order valence-electron chi connectivity index (χ4n) is 2.19. The van der Waals surface area contributed by atoms with E-state index in [4.69, 9.17) is 14.3 Å². The van der Waals surface area contributed by atoms with E-state index in [9.17, 15) is 9.59 Å². The van der Waals surface area contributed by atoms with Gasteiger partial charge in [0.05, 0.1) is 6.54 Å². The number of aryl methyl sites for hydroxylation is 1. The van der Waals surface area contributed by atoms with Gasteiger partial charge in [0.25, 0.3) is 5.91 Å². The van der Waals surface area contributed by atoms with Gasteiger partial charge in [-0.3, -0.25) is 4.79 Å². The summed E-state index contributed by atoms with van der Waals surface area (Å²) >= 11 is 0. The molecule has 0 radical (unpaired) electrons. The number of rotatable bonds is 5. The molecule has 0 spiro atoms. The lowest BCUT2D eigenvalue weighted by molar-refractivity contribution is -0.154. The summed E-state index contributed by atoms with van der Waals surface area (Å²) in [7, 11) is 1.53. The third kappa shape index (κ3) is 2.49. The van der Waals surface area contributed by atoms with Crippen molar-refractivity contribution in [2.45, 2.75) is 38.3 Å². The van der Waals surface area contributed by atoms with Crippen LogP contribution in [0.15, 0.2) is 10.5 Å². The van der Waals surface area contributed by atoms with E-state index in [1.54, 1.807) is 6.92 Å². The Hall–Kier alpha value is -1.82. The molecule has 1 saturated carbocycles. The molecule has 0 bridgehead atoms. The molecule has 104 valence electrons. The minimum Gasteiger partial charge on any atom is -0.478 e. The summed E-state index contributed by atoms with van der Waals surface area (Å²) in [5.74, 6) is -0.450. The van der Waals surface area contributed by atoms with Crippen LogP contribution in [0, 0.1) is 6.92 Å². The van der Waals surface area contributed by atoms with Crippen LogP contribution < -0.4 is 5.32 Å². The highest BCUT2D eigenvalue weighted by Crippen LogP contribution is 2.35. The number of ether oxygens (including phenoxy) is 1. The average molecular weight is 267 g/mol. The number of furan rings is 1. The summed E-state index contributed by atoms with van der Waals surface area (Å²) in [6.45, 7) is 1.75. The van der Waals surface area contributed by atoms with E-state index in [0.29, 0.717) is 24.4 Å². The lowest BCUT2D eigenvalue weighted by atomic mass is 9.79. The van der Waals surface area contributed by atoms with Crippen LogP contribution in [0.2, 0.25) is 0 Å². The molecule has 6 nitrogen and oxygen atoms in total. The zero-order valence-electron chi connectivity index (χ0n) is 11.0. The van der Waals surface area contributed by atoms with E-state index in [2.05, 4.69) is 5.32 Å². The highest BCUT2D eigenvalue weighted by molar-refractivity contribution is 5.89. The molecule has 0 unspecified atom stereocenters. The number of hydrogen-bond donors (Lipinski definition) is 2. The number of methoxy groups -OCH3 is 1. The lowest BCUT2D eigenvalue weighted by Crippen LogP contribution is -2.52. The van der Waals surface area contributed by atoms with E-state index in [-0.39, 0.29) is 18.0 Å². The fraction of sp³-hybridized carbons (Fsp3) is 0.538. The first-order chi connectivity index (χ1) is 8.98. The monoisotopic (exact) mass is 267 g/mol. The summed E-state index contributed by atoms with van der Waals surface area (Å²) in [5, 5.41) is 11.6. The van der Waals surface area contributed by atoms with E-state index in [0.717, 1.165) is 6.42 Å². The topological polar surface area (TPSA) is 88.8 Å². The number of hydrogen-bond acceptors (Lipinski definition) is 4. The van der Waals surface area contributed by atoms with E-state index < -0.39 is 11.6 Å². The molecular weight excluding hydrogens is 250 g/mol. The summed E-state index contributed by atoms with van der Waals surface area (Å²) in [6.07, 6.45) is 2.41. The molecule has 0 atom stereocenters. The van der Waals surface area contributed by atoms with Crippen molar-refractivity contribution >= 4 is 11.9 Å². The molecule has 19 heavy (non-hydrogen) atoms. The minimum absolute atomic E-state index is 0.120. The van der Waals surface area contributed by atoms with E-state index in [1.807, 2.05) is 0 Å². The molecule has 1 aliphatic rings. The van der Waals surface area contributed by atoms with Crippen molar-refractivity contribution in [3.05, 3.63) is 23.2 Å². The Morgan fingerprint density at radius 1 is 1.53 bits per heavy atom. The summed E-state index contributed by atoms with van der Waals surface area (Å²) in [6, 6.07) is 1.43.